The number of benzene rings is 4. The van der Waals surface area contributed by atoms with E-state index in [1.807, 2.05) is 88.4 Å². The number of aryl methyl sites for hydroxylation is 1. The fourth-order valence-electron chi connectivity index (χ4n) is 12.4. The summed E-state index contributed by atoms with van der Waals surface area (Å²) in [7, 11) is 2.49. The van der Waals surface area contributed by atoms with Crippen LogP contribution in [0.3, 0.4) is 0 Å². The number of H-pyrrole nitrogens is 2. The van der Waals surface area contributed by atoms with E-state index in [1.165, 1.54) is 14.2 Å². The molecular weight excluding hydrogens is 1090 g/mol. The Balaban J connectivity index is 0.723. The van der Waals surface area contributed by atoms with Crippen LogP contribution in [0.5, 0.6) is 17.2 Å². The van der Waals surface area contributed by atoms with Crippen molar-refractivity contribution in [2.45, 2.75) is 116 Å². The van der Waals surface area contributed by atoms with Crippen LogP contribution in [0.4, 0.5) is 19.2 Å². The summed E-state index contributed by atoms with van der Waals surface area (Å²) in [4.78, 5) is 104. The Morgan fingerprint density at radius 1 is 0.565 bits per heavy atom. The van der Waals surface area contributed by atoms with Gasteiger partial charge < -0.3 is 63.6 Å². The van der Waals surface area contributed by atoms with Crippen LogP contribution in [0.25, 0.3) is 33.6 Å². The second kappa shape index (κ2) is 23.4. The summed E-state index contributed by atoms with van der Waals surface area (Å²) >= 11 is 0. The van der Waals surface area contributed by atoms with Gasteiger partial charge in [-0.05, 0) is 69.7 Å². The number of nitrogens with one attached hydrogen (secondary N) is 4. The van der Waals surface area contributed by atoms with E-state index in [-0.39, 0.29) is 56.4 Å². The maximum Gasteiger partial charge on any atom is 0.410 e. The van der Waals surface area contributed by atoms with Crippen molar-refractivity contribution in [3.8, 4) is 50.9 Å². The third-order valence-electron chi connectivity index (χ3n) is 16.9. The molecule has 6 aliphatic rings. The summed E-state index contributed by atoms with van der Waals surface area (Å²) in [5.41, 5.74) is 10.0. The highest BCUT2D eigenvalue weighted by atomic mass is 16.7. The maximum absolute atomic E-state index is 14.4. The van der Waals surface area contributed by atoms with E-state index in [1.54, 1.807) is 32.0 Å². The van der Waals surface area contributed by atoms with Crippen LogP contribution in [0.15, 0.2) is 85.2 Å². The molecule has 6 aliphatic heterocycles. The lowest BCUT2D eigenvalue weighted by Gasteiger charge is -2.29. The molecule has 0 aliphatic carbocycles. The number of imidazole rings is 2. The Labute approximate surface area is 490 Å². The lowest BCUT2D eigenvalue weighted by Crippen LogP contribution is -2.51. The number of aromatic nitrogens is 4. The van der Waals surface area contributed by atoms with Gasteiger partial charge in [0, 0.05) is 37.1 Å². The Bertz CT molecular complexity index is 3550. The lowest BCUT2D eigenvalue weighted by molar-refractivity contribution is -0.136. The van der Waals surface area contributed by atoms with E-state index in [4.69, 9.17) is 43.1 Å². The van der Waals surface area contributed by atoms with Crippen LogP contribution in [-0.2, 0) is 61.1 Å². The number of rotatable bonds is 13. The molecule has 4 N–H and O–H groups in total. The van der Waals surface area contributed by atoms with Crippen molar-refractivity contribution in [2.24, 2.45) is 11.8 Å². The fraction of sp³-hybridized carbons (Fsp3) is 0.419. The van der Waals surface area contributed by atoms with Gasteiger partial charge in [0.2, 0.25) is 18.6 Å². The minimum atomic E-state index is -0.924. The normalized spacial score (nSPS) is 19.9. The van der Waals surface area contributed by atoms with Gasteiger partial charge in [-0.2, -0.15) is 0 Å². The number of hydrogen-bond donors (Lipinski definition) is 4. The molecule has 23 nitrogen and oxygen atoms in total. The molecule has 2 fully saturated rings. The van der Waals surface area contributed by atoms with Gasteiger partial charge in [0.15, 0.2) is 11.5 Å². The molecule has 6 amide bonds. The molecule has 12 rings (SSSR count). The summed E-state index contributed by atoms with van der Waals surface area (Å²) in [6, 6.07) is 20.8. The van der Waals surface area contributed by atoms with Gasteiger partial charge in [0.25, 0.3) is 0 Å². The van der Waals surface area contributed by atoms with Gasteiger partial charge in [-0.1, -0.05) is 94.4 Å². The number of methoxy groups -OCH3 is 2. The average molecular weight is 1160 g/mol. The zero-order valence-corrected chi connectivity index (χ0v) is 48.2. The Morgan fingerprint density at radius 3 is 1.51 bits per heavy atom. The minimum Gasteiger partial charge on any atom is -0.493 e. The Morgan fingerprint density at radius 2 is 1.02 bits per heavy atom. The van der Waals surface area contributed by atoms with Crippen molar-refractivity contribution in [3.05, 3.63) is 125 Å². The molecule has 6 aromatic rings. The van der Waals surface area contributed by atoms with Gasteiger partial charge in [-0.25, -0.2) is 29.1 Å². The topological polar surface area (TPSA) is 261 Å². The van der Waals surface area contributed by atoms with Crippen molar-refractivity contribution in [1.82, 2.24) is 50.2 Å². The molecule has 2 aromatic heterocycles. The smallest absolute Gasteiger partial charge is 0.410 e. The zero-order chi connectivity index (χ0) is 59.2. The van der Waals surface area contributed by atoms with Gasteiger partial charge in [0.1, 0.15) is 41.7 Å². The molecule has 0 unspecified atom stereocenters. The van der Waals surface area contributed by atoms with Crippen LogP contribution in [0, 0.1) is 11.8 Å². The van der Waals surface area contributed by atoms with E-state index in [2.05, 4.69) is 32.7 Å². The monoisotopic (exact) mass is 1160 g/mol. The quantitative estimate of drug-likeness (QED) is 0.0790. The number of aromatic amines is 2. The molecule has 444 valence electrons. The van der Waals surface area contributed by atoms with Crippen LogP contribution in [-0.4, -0.2) is 141 Å². The van der Waals surface area contributed by atoms with Crippen molar-refractivity contribution in [1.29, 1.82) is 0 Å². The van der Waals surface area contributed by atoms with E-state index < -0.39 is 60.7 Å². The number of fused-ring (bicyclic) bond motifs is 6. The average Bonchev–Trinajstić information content (AvgIpc) is 3.57. The molecule has 85 heavy (non-hydrogen) atoms. The molecule has 4 aromatic carbocycles. The predicted octanol–water partition coefficient (Wildman–Crippen LogP) is 8.54. The molecule has 23 heteroatoms. The fourth-order valence-corrected chi connectivity index (χ4v) is 12.4. The summed E-state index contributed by atoms with van der Waals surface area (Å²) in [5, 5.41) is 5.39. The lowest BCUT2D eigenvalue weighted by atomic mass is 10.00. The molecule has 0 saturated carbocycles. The second-order valence-electron chi connectivity index (χ2n) is 23.0. The largest absolute Gasteiger partial charge is 0.493 e. The third-order valence-corrected chi connectivity index (χ3v) is 16.9. The Kier molecular flexibility index (Phi) is 15.5. The number of carbonyl (C=O) groups is 6. The van der Waals surface area contributed by atoms with Crippen LogP contribution in [0.1, 0.15) is 98.5 Å². The number of alkyl carbamates (subject to hydrolysis) is 2. The maximum atomic E-state index is 14.4. The van der Waals surface area contributed by atoms with Crippen molar-refractivity contribution < 1.29 is 61.9 Å². The van der Waals surface area contributed by atoms with E-state index in [0.29, 0.717) is 67.3 Å². The molecule has 6 atom stereocenters. The number of hydrogen-bond acceptors (Lipinski definition) is 15. The number of nitrogens with zero attached hydrogens (tertiary/aromatic N) is 6. The number of carbonyl (C=O) groups excluding carboxylic acids is 6. The summed E-state index contributed by atoms with van der Waals surface area (Å²) in [6.07, 6.45) is 2.03. The highest BCUT2D eigenvalue weighted by Gasteiger charge is 2.46. The molecule has 0 radical (unpaired) electrons. The van der Waals surface area contributed by atoms with Crippen molar-refractivity contribution in [2.75, 3.05) is 40.7 Å². The minimum absolute atomic E-state index is 0.0724. The van der Waals surface area contributed by atoms with Crippen LogP contribution >= 0.6 is 0 Å². The number of ether oxygens (including phenoxy) is 7. The molecule has 0 bridgehead atoms. The predicted molar refractivity (Wildman–Crippen MR) is 305 cm³/mol. The van der Waals surface area contributed by atoms with Crippen LogP contribution < -0.4 is 24.8 Å². The zero-order valence-electron chi connectivity index (χ0n) is 48.2. The van der Waals surface area contributed by atoms with Crippen LogP contribution in [0.2, 0.25) is 0 Å². The first-order valence-corrected chi connectivity index (χ1v) is 28.8. The van der Waals surface area contributed by atoms with Gasteiger partial charge in [-0.3, -0.25) is 19.4 Å². The number of likely N-dealkylation sites (tertiary alicyclic amines) is 2. The summed E-state index contributed by atoms with van der Waals surface area (Å²) in [6.45, 7) is 9.65. The third kappa shape index (κ3) is 11.2. The van der Waals surface area contributed by atoms with Gasteiger partial charge >= 0.3 is 24.4 Å². The molecule has 8 heterocycles. The van der Waals surface area contributed by atoms with E-state index >= 15 is 0 Å². The van der Waals surface area contributed by atoms with Gasteiger partial charge in [0.05, 0.1) is 82.9 Å². The Hall–Kier alpha value is -9.28. The standard InChI is InChI=1S/C62H68N10O13/c1-33(2)51(67-59(75)79-5)57(73)71-28-42(84-61(77)69-26-40-18-17-39-8-7-21-81-53(39)44(40)30-69)22-48(71)55-63-24-46(65-55)37-13-9-35(10-14-37)36-11-15-38(16-12-36)47-25-64-56(66-47)49-23-43(29-72(49)58(74)52(34(3)4)68-60(76)80-6)85-62(78)70-27-41-19-20-50-54(45(41)31-70)83-32-82-50/h9-20,24-25,33-34,42-43,48-49,51-52H,7-8,21-23,26-32H2,1-6H3,(H,63,65)(H,64,66)(H,67,75)(H,68,76)/t42-,43-,48+,49+,51+,52+/m1/s1. The highest BCUT2D eigenvalue weighted by molar-refractivity contribution is 5.88. The first kappa shape index (κ1) is 56.2. The van der Waals surface area contributed by atoms with Crippen molar-refractivity contribution in [3.63, 3.8) is 0 Å². The molecule has 0 spiro atoms. The summed E-state index contributed by atoms with van der Waals surface area (Å²) in [5.74, 6) is 1.85. The van der Waals surface area contributed by atoms with E-state index in [0.717, 1.165) is 68.7 Å². The molecule has 2 saturated heterocycles. The summed E-state index contributed by atoms with van der Waals surface area (Å²) < 4.78 is 39.3. The van der Waals surface area contributed by atoms with Crippen molar-refractivity contribution >= 4 is 36.2 Å². The first-order valence-electron chi connectivity index (χ1n) is 28.8. The molecular formula is C62H68N10O13. The van der Waals surface area contributed by atoms with E-state index in [9.17, 15) is 28.8 Å². The highest BCUT2D eigenvalue weighted by Crippen LogP contribution is 2.43. The number of amides is 6. The SMILES string of the molecule is COC(=O)N[C@H](C(=O)N1C[C@H](OC(=O)N2Cc3ccc4c(c3C2)OCCC4)C[C@H]1c1ncc(-c2ccc(-c3ccc(-c4cnc([C@@H]5C[C@@H](OC(=O)N6Cc7ccc8c(c7C6)OCO8)CN5C(=O)[C@@H](NC(=O)OC)C(C)C)[nH]4)cc3)cc2)[nH]1)C(C)C. The first-order chi connectivity index (χ1) is 41.1. The second-order valence-corrected chi connectivity index (χ2v) is 23.0. The van der Waals surface area contributed by atoms with Gasteiger partial charge in [-0.15, -0.1) is 0 Å².